The summed E-state index contributed by atoms with van der Waals surface area (Å²) < 4.78 is 33.4. The van der Waals surface area contributed by atoms with Crippen molar-refractivity contribution >= 4 is 16.8 Å². The summed E-state index contributed by atoms with van der Waals surface area (Å²) in [7, 11) is 0. The molecule has 25 heavy (non-hydrogen) atoms. The van der Waals surface area contributed by atoms with Gasteiger partial charge in [0.25, 0.3) is 5.92 Å². The number of fused-ring (bicyclic) bond motifs is 2. The summed E-state index contributed by atoms with van der Waals surface area (Å²) in [5.41, 5.74) is 0.848. The van der Waals surface area contributed by atoms with Crippen molar-refractivity contribution in [2.75, 3.05) is 19.7 Å². The minimum Gasteiger partial charge on any atom is -0.493 e. The molecule has 1 saturated carbocycles. The van der Waals surface area contributed by atoms with Gasteiger partial charge in [0.2, 0.25) is 5.91 Å². The number of piperidine rings is 1. The van der Waals surface area contributed by atoms with Crippen molar-refractivity contribution in [3.8, 4) is 5.75 Å². The fraction of sp³-hybridized carbons (Fsp3) is 0.526. The van der Waals surface area contributed by atoms with Crippen LogP contribution in [0.15, 0.2) is 24.4 Å². The first-order chi connectivity index (χ1) is 11.9. The maximum absolute atomic E-state index is 13.9. The summed E-state index contributed by atoms with van der Waals surface area (Å²) in [6, 6.07) is 5.71. The second-order valence-electron chi connectivity index (χ2n) is 7.29. The molecule has 1 N–H and O–H groups in total. The number of aromatic amines is 1. The van der Waals surface area contributed by atoms with Gasteiger partial charge in [-0.3, -0.25) is 4.79 Å². The highest BCUT2D eigenvalue weighted by Gasteiger charge is 2.78. The Labute approximate surface area is 145 Å². The van der Waals surface area contributed by atoms with Crippen molar-refractivity contribution in [2.45, 2.75) is 32.6 Å². The van der Waals surface area contributed by atoms with Gasteiger partial charge < -0.3 is 14.6 Å². The highest BCUT2D eigenvalue weighted by atomic mass is 19.3. The van der Waals surface area contributed by atoms with E-state index in [4.69, 9.17) is 4.74 Å². The summed E-state index contributed by atoms with van der Waals surface area (Å²) in [6.07, 6.45) is 2.37. The molecule has 4 rings (SSSR count). The van der Waals surface area contributed by atoms with Crippen LogP contribution in [0.2, 0.25) is 0 Å². The number of carbonyl (C=O) groups is 1. The Balaban J connectivity index is 1.53. The van der Waals surface area contributed by atoms with Crippen molar-refractivity contribution in [1.82, 2.24) is 9.88 Å². The monoisotopic (exact) mass is 348 g/mol. The van der Waals surface area contributed by atoms with Gasteiger partial charge >= 0.3 is 0 Å². The first kappa shape index (κ1) is 16.4. The molecule has 0 radical (unpaired) electrons. The van der Waals surface area contributed by atoms with Gasteiger partial charge in [-0.25, -0.2) is 8.78 Å². The average Bonchev–Trinajstić information content (AvgIpc) is 2.86. The molecule has 0 unspecified atom stereocenters. The maximum atomic E-state index is 13.9. The van der Waals surface area contributed by atoms with E-state index in [0.29, 0.717) is 19.6 Å². The fourth-order valence-electron chi connectivity index (χ4n) is 4.15. The standard InChI is InChI=1S/C19H22F2N2O2/c1-3-25-14-6-4-5-13-17(14)12(10-22-13)9-16(24)23-8-7-18(2)15(11-23)19(18,20)21/h4-6,10,15,22H,3,7-9,11H2,1-2H3/t15-,18+/m1/s1. The number of hydrogen-bond acceptors (Lipinski definition) is 2. The van der Waals surface area contributed by atoms with E-state index in [1.54, 1.807) is 11.8 Å². The van der Waals surface area contributed by atoms with Crippen LogP contribution in [-0.4, -0.2) is 41.4 Å². The Morgan fingerprint density at radius 3 is 2.96 bits per heavy atom. The molecule has 4 nitrogen and oxygen atoms in total. The molecule has 1 amide bonds. The van der Waals surface area contributed by atoms with Crippen LogP contribution in [0.3, 0.4) is 0 Å². The van der Waals surface area contributed by atoms with E-state index in [2.05, 4.69) is 4.98 Å². The number of benzene rings is 1. The predicted molar refractivity (Wildman–Crippen MR) is 90.9 cm³/mol. The Kier molecular flexibility index (Phi) is 3.56. The smallest absolute Gasteiger partial charge is 0.259 e. The fourth-order valence-corrected chi connectivity index (χ4v) is 4.15. The molecule has 1 aromatic carbocycles. The zero-order valence-electron chi connectivity index (χ0n) is 14.4. The number of alkyl halides is 2. The number of nitrogens with one attached hydrogen (secondary N) is 1. The Morgan fingerprint density at radius 2 is 2.24 bits per heavy atom. The second-order valence-corrected chi connectivity index (χ2v) is 7.29. The van der Waals surface area contributed by atoms with Crippen LogP contribution >= 0.6 is 0 Å². The molecule has 2 aromatic rings. The number of ether oxygens (including phenoxy) is 1. The third-order valence-corrected chi connectivity index (χ3v) is 5.93. The Bertz CT molecular complexity index is 832. The van der Waals surface area contributed by atoms with Gasteiger partial charge in [0.05, 0.1) is 18.9 Å². The predicted octanol–water partition coefficient (Wildman–Crippen LogP) is 3.61. The van der Waals surface area contributed by atoms with E-state index in [0.717, 1.165) is 22.2 Å². The number of nitrogens with zero attached hydrogens (tertiary/aromatic N) is 1. The molecule has 0 spiro atoms. The van der Waals surface area contributed by atoms with Crippen LogP contribution in [0.4, 0.5) is 8.78 Å². The Morgan fingerprint density at radius 1 is 1.44 bits per heavy atom. The molecule has 1 aromatic heterocycles. The van der Waals surface area contributed by atoms with Crippen LogP contribution in [0.5, 0.6) is 5.75 Å². The van der Waals surface area contributed by atoms with Crippen LogP contribution in [-0.2, 0) is 11.2 Å². The summed E-state index contributed by atoms with van der Waals surface area (Å²) in [4.78, 5) is 17.4. The number of aromatic nitrogens is 1. The SMILES string of the molecule is CCOc1cccc2[nH]cc(CC(=O)N3CC[C@@]4(C)[C@@H](C3)C4(F)F)c12. The summed E-state index contributed by atoms with van der Waals surface area (Å²) >= 11 is 0. The van der Waals surface area contributed by atoms with Crippen LogP contribution in [0, 0.1) is 11.3 Å². The topological polar surface area (TPSA) is 45.3 Å². The lowest BCUT2D eigenvalue weighted by molar-refractivity contribution is -0.131. The number of likely N-dealkylation sites (tertiary alicyclic amines) is 1. The first-order valence-electron chi connectivity index (χ1n) is 8.76. The third kappa shape index (κ3) is 2.34. The molecule has 1 saturated heterocycles. The minimum absolute atomic E-state index is 0.100. The molecule has 0 bridgehead atoms. The molecule has 2 aliphatic rings. The van der Waals surface area contributed by atoms with E-state index >= 15 is 0 Å². The molecular formula is C19H22F2N2O2. The molecule has 2 fully saturated rings. The number of halogens is 2. The van der Waals surface area contributed by atoms with Gasteiger partial charge in [0, 0.05) is 35.6 Å². The largest absolute Gasteiger partial charge is 0.493 e. The summed E-state index contributed by atoms with van der Waals surface area (Å²) in [5, 5.41) is 0.899. The highest BCUT2D eigenvalue weighted by molar-refractivity contribution is 5.93. The number of H-pyrrole nitrogens is 1. The lowest BCUT2D eigenvalue weighted by Crippen LogP contribution is -2.39. The van der Waals surface area contributed by atoms with E-state index < -0.39 is 17.3 Å². The van der Waals surface area contributed by atoms with Crippen molar-refractivity contribution in [2.24, 2.45) is 11.3 Å². The zero-order valence-corrected chi connectivity index (χ0v) is 14.4. The number of hydrogen-bond donors (Lipinski definition) is 1. The third-order valence-electron chi connectivity index (χ3n) is 5.93. The van der Waals surface area contributed by atoms with E-state index in [1.165, 1.54) is 0 Å². The lowest BCUT2D eigenvalue weighted by atomic mass is 9.97. The normalized spacial score (nSPS) is 27.2. The van der Waals surface area contributed by atoms with Crippen LogP contribution in [0.1, 0.15) is 25.8 Å². The van der Waals surface area contributed by atoms with Crippen molar-refractivity contribution in [1.29, 1.82) is 0 Å². The Hall–Kier alpha value is -2.11. The first-order valence-corrected chi connectivity index (χ1v) is 8.76. The molecule has 1 aliphatic heterocycles. The molecule has 2 atom stereocenters. The van der Waals surface area contributed by atoms with Gasteiger partial charge in [-0.2, -0.15) is 0 Å². The molecule has 134 valence electrons. The average molecular weight is 348 g/mol. The second kappa shape index (κ2) is 5.44. The number of amides is 1. The maximum Gasteiger partial charge on any atom is 0.259 e. The molecular weight excluding hydrogens is 326 g/mol. The summed E-state index contributed by atoms with van der Waals surface area (Å²) in [5.74, 6) is -2.69. The van der Waals surface area contributed by atoms with E-state index in [1.807, 2.05) is 31.3 Å². The van der Waals surface area contributed by atoms with Gasteiger partial charge in [0.1, 0.15) is 5.75 Å². The quantitative estimate of drug-likeness (QED) is 0.917. The van der Waals surface area contributed by atoms with Gasteiger partial charge in [-0.1, -0.05) is 13.0 Å². The minimum atomic E-state index is -2.63. The zero-order chi connectivity index (χ0) is 17.8. The molecule has 2 heterocycles. The van der Waals surface area contributed by atoms with Crippen molar-refractivity contribution in [3.05, 3.63) is 30.0 Å². The van der Waals surface area contributed by atoms with E-state index in [-0.39, 0.29) is 18.9 Å². The van der Waals surface area contributed by atoms with Crippen LogP contribution in [0.25, 0.3) is 10.9 Å². The van der Waals surface area contributed by atoms with E-state index in [9.17, 15) is 13.6 Å². The van der Waals surface area contributed by atoms with Crippen molar-refractivity contribution in [3.63, 3.8) is 0 Å². The number of carbonyl (C=O) groups excluding carboxylic acids is 1. The van der Waals surface area contributed by atoms with Gasteiger partial charge in [-0.05, 0) is 31.0 Å². The van der Waals surface area contributed by atoms with Crippen LogP contribution < -0.4 is 4.74 Å². The lowest BCUT2D eigenvalue weighted by Gasteiger charge is -2.28. The summed E-state index contributed by atoms with van der Waals surface area (Å²) in [6.45, 7) is 4.65. The number of rotatable bonds is 4. The molecule has 1 aliphatic carbocycles. The van der Waals surface area contributed by atoms with Crippen molar-refractivity contribution < 1.29 is 18.3 Å². The highest BCUT2D eigenvalue weighted by Crippen LogP contribution is 2.69. The van der Waals surface area contributed by atoms with Gasteiger partial charge in [0.15, 0.2) is 0 Å². The van der Waals surface area contributed by atoms with Gasteiger partial charge in [-0.15, -0.1) is 0 Å². The molecule has 6 heteroatoms.